The Hall–Kier alpha value is -0.900. The number of aliphatic hydroxyl groups is 1. The van der Waals surface area contributed by atoms with Crippen LogP contribution < -0.4 is 5.32 Å². The summed E-state index contributed by atoms with van der Waals surface area (Å²) in [6.45, 7) is 3.14. The molecule has 0 aliphatic heterocycles. The Balaban J connectivity index is 3.39. The van der Waals surface area contributed by atoms with Gasteiger partial charge in [-0.1, -0.05) is 0 Å². The molecule has 64 valence electrons. The molecule has 0 bridgehead atoms. The maximum atomic E-state index is 10.7. The molecule has 0 saturated heterocycles. The third-order valence-electron chi connectivity index (χ3n) is 1.16. The highest BCUT2D eigenvalue weighted by Crippen LogP contribution is 1.81. The van der Waals surface area contributed by atoms with Crippen molar-refractivity contribution in [1.82, 2.24) is 5.32 Å². The van der Waals surface area contributed by atoms with Crippen LogP contribution in [0.2, 0.25) is 0 Å². The van der Waals surface area contributed by atoms with Gasteiger partial charge in [-0.25, -0.2) is 0 Å². The second-order valence-electron chi connectivity index (χ2n) is 2.42. The van der Waals surface area contributed by atoms with Crippen molar-refractivity contribution in [3.63, 3.8) is 0 Å². The summed E-state index contributed by atoms with van der Waals surface area (Å²) in [5.41, 5.74) is 0. The van der Waals surface area contributed by atoms with Crippen LogP contribution in [0, 0.1) is 0 Å². The predicted octanol–water partition coefficient (Wildman–Crippen LogP) is -0.538. The summed E-state index contributed by atoms with van der Waals surface area (Å²) in [4.78, 5) is 21.0. The van der Waals surface area contributed by atoms with Gasteiger partial charge in [-0.15, -0.1) is 0 Å². The fraction of sp³-hybridized carbons (Fsp3) is 0.714. The van der Waals surface area contributed by atoms with Gasteiger partial charge in [0.05, 0.1) is 0 Å². The molecule has 0 saturated carbocycles. The predicted molar refractivity (Wildman–Crippen MR) is 40.0 cm³/mol. The van der Waals surface area contributed by atoms with Gasteiger partial charge in [0.1, 0.15) is 11.9 Å². The number of carbonyl (C=O) groups is 2. The molecule has 0 aliphatic rings. The molecular weight excluding hydrogens is 146 g/mol. The van der Waals surface area contributed by atoms with E-state index in [0.29, 0.717) is 13.0 Å². The van der Waals surface area contributed by atoms with Crippen LogP contribution >= 0.6 is 0 Å². The standard InChI is InChI=1S/C7H13NO3/c1-5(9)3-4-8-7(11)6(2)10/h6,10H,3-4H2,1-2H3,(H,8,11)/t6-/m0/s1. The largest absolute Gasteiger partial charge is 0.384 e. The Morgan fingerprint density at radius 2 is 2.09 bits per heavy atom. The van der Waals surface area contributed by atoms with Gasteiger partial charge in [-0.3, -0.25) is 9.59 Å². The first kappa shape index (κ1) is 10.1. The van der Waals surface area contributed by atoms with Crippen molar-refractivity contribution in [3.05, 3.63) is 0 Å². The molecule has 0 aliphatic carbocycles. The molecule has 0 spiro atoms. The van der Waals surface area contributed by atoms with Gasteiger partial charge in [0.25, 0.3) is 0 Å². The molecule has 1 amide bonds. The van der Waals surface area contributed by atoms with E-state index < -0.39 is 12.0 Å². The van der Waals surface area contributed by atoms with Crippen LogP contribution in [0.25, 0.3) is 0 Å². The average Bonchev–Trinajstić information content (AvgIpc) is 1.86. The fourth-order valence-corrected chi connectivity index (χ4v) is 0.509. The van der Waals surface area contributed by atoms with Crippen LogP contribution in [0.1, 0.15) is 20.3 Å². The van der Waals surface area contributed by atoms with Gasteiger partial charge in [0, 0.05) is 13.0 Å². The lowest BCUT2D eigenvalue weighted by Crippen LogP contribution is -2.33. The molecule has 2 N–H and O–H groups in total. The average molecular weight is 159 g/mol. The molecule has 0 heterocycles. The molecule has 0 radical (unpaired) electrons. The molecule has 0 aromatic carbocycles. The van der Waals surface area contributed by atoms with Crippen molar-refractivity contribution < 1.29 is 14.7 Å². The highest BCUT2D eigenvalue weighted by Gasteiger charge is 2.06. The minimum absolute atomic E-state index is 0.0240. The van der Waals surface area contributed by atoms with Crippen molar-refractivity contribution in [2.75, 3.05) is 6.54 Å². The summed E-state index contributed by atoms with van der Waals surface area (Å²) in [7, 11) is 0. The molecule has 0 rings (SSSR count). The van der Waals surface area contributed by atoms with E-state index >= 15 is 0 Å². The van der Waals surface area contributed by atoms with Crippen LogP contribution in [0.5, 0.6) is 0 Å². The zero-order chi connectivity index (χ0) is 8.85. The maximum Gasteiger partial charge on any atom is 0.248 e. The Bertz CT molecular complexity index is 154. The number of rotatable bonds is 4. The summed E-state index contributed by atoms with van der Waals surface area (Å²) in [6, 6.07) is 0. The Kier molecular flexibility index (Phi) is 4.45. The molecule has 0 unspecified atom stereocenters. The summed E-state index contributed by atoms with van der Waals surface area (Å²) in [5, 5.41) is 11.1. The number of amides is 1. The van der Waals surface area contributed by atoms with E-state index in [0.717, 1.165) is 0 Å². The summed E-state index contributed by atoms with van der Waals surface area (Å²) < 4.78 is 0. The van der Waals surface area contributed by atoms with Crippen molar-refractivity contribution >= 4 is 11.7 Å². The van der Waals surface area contributed by atoms with Crippen molar-refractivity contribution in [2.45, 2.75) is 26.4 Å². The van der Waals surface area contributed by atoms with E-state index in [2.05, 4.69) is 5.32 Å². The van der Waals surface area contributed by atoms with E-state index in [1.807, 2.05) is 0 Å². The van der Waals surface area contributed by atoms with Crippen LogP contribution in [0.3, 0.4) is 0 Å². The molecule has 0 fully saturated rings. The molecule has 11 heavy (non-hydrogen) atoms. The zero-order valence-electron chi connectivity index (χ0n) is 6.76. The first-order valence-corrected chi connectivity index (χ1v) is 3.49. The molecule has 1 atom stereocenters. The van der Waals surface area contributed by atoms with Crippen molar-refractivity contribution in [2.24, 2.45) is 0 Å². The van der Waals surface area contributed by atoms with E-state index in [4.69, 9.17) is 5.11 Å². The van der Waals surface area contributed by atoms with Crippen molar-refractivity contribution in [3.8, 4) is 0 Å². The topological polar surface area (TPSA) is 66.4 Å². The summed E-state index contributed by atoms with van der Waals surface area (Å²) in [5.74, 6) is -0.415. The Labute approximate surface area is 65.6 Å². The monoisotopic (exact) mass is 159 g/mol. The second kappa shape index (κ2) is 4.85. The lowest BCUT2D eigenvalue weighted by molar-refractivity contribution is -0.128. The summed E-state index contributed by atoms with van der Waals surface area (Å²) in [6.07, 6.45) is -0.680. The van der Waals surface area contributed by atoms with Gasteiger partial charge < -0.3 is 10.4 Å². The molecule has 0 aromatic heterocycles. The normalized spacial score (nSPS) is 12.3. The second-order valence-corrected chi connectivity index (χ2v) is 2.42. The molecule has 4 heteroatoms. The minimum Gasteiger partial charge on any atom is -0.384 e. The molecule has 4 nitrogen and oxygen atoms in total. The van der Waals surface area contributed by atoms with Gasteiger partial charge in [0.15, 0.2) is 0 Å². The van der Waals surface area contributed by atoms with E-state index in [-0.39, 0.29) is 5.78 Å². The quantitative estimate of drug-likeness (QED) is 0.579. The van der Waals surface area contributed by atoms with E-state index in [9.17, 15) is 9.59 Å². The van der Waals surface area contributed by atoms with Crippen LogP contribution in [0.15, 0.2) is 0 Å². The van der Waals surface area contributed by atoms with Gasteiger partial charge >= 0.3 is 0 Å². The first-order chi connectivity index (χ1) is 5.04. The lowest BCUT2D eigenvalue weighted by Gasteiger charge is -2.04. The number of hydrogen-bond donors (Lipinski definition) is 2. The minimum atomic E-state index is -0.998. The van der Waals surface area contributed by atoms with Gasteiger partial charge in [-0.2, -0.15) is 0 Å². The number of ketones is 1. The Morgan fingerprint density at radius 3 is 2.45 bits per heavy atom. The number of carbonyl (C=O) groups excluding carboxylic acids is 2. The third kappa shape index (κ3) is 5.54. The Morgan fingerprint density at radius 1 is 1.55 bits per heavy atom. The molecule has 0 aromatic rings. The van der Waals surface area contributed by atoms with Crippen LogP contribution in [-0.4, -0.2) is 29.4 Å². The smallest absolute Gasteiger partial charge is 0.248 e. The van der Waals surface area contributed by atoms with Gasteiger partial charge in [-0.05, 0) is 13.8 Å². The van der Waals surface area contributed by atoms with E-state index in [1.54, 1.807) is 0 Å². The molecular formula is C7H13NO3. The maximum absolute atomic E-state index is 10.7. The van der Waals surface area contributed by atoms with Crippen LogP contribution in [-0.2, 0) is 9.59 Å². The number of hydrogen-bond acceptors (Lipinski definition) is 3. The number of Topliss-reactive ketones (excluding diaryl/α,β-unsaturated/α-hetero) is 1. The summed E-state index contributed by atoms with van der Waals surface area (Å²) >= 11 is 0. The highest BCUT2D eigenvalue weighted by molar-refractivity contribution is 5.81. The fourth-order valence-electron chi connectivity index (χ4n) is 0.509. The lowest BCUT2D eigenvalue weighted by atomic mass is 10.3. The number of nitrogens with one attached hydrogen (secondary N) is 1. The first-order valence-electron chi connectivity index (χ1n) is 3.49. The van der Waals surface area contributed by atoms with Gasteiger partial charge in [0.2, 0.25) is 5.91 Å². The zero-order valence-corrected chi connectivity index (χ0v) is 6.76. The number of aliphatic hydroxyl groups excluding tert-OH is 1. The third-order valence-corrected chi connectivity index (χ3v) is 1.16. The highest BCUT2D eigenvalue weighted by atomic mass is 16.3. The van der Waals surface area contributed by atoms with Crippen LogP contribution in [0.4, 0.5) is 0 Å². The van der Waals surface area contributed by atoms with E-state index in [1.165, 1.54) is 13.8 Å². The van der Waals surface area contributed by atoms with Crippen molar-refractivity contribution in [1.29, 1.82) is 0 Å². The SMILES string of the molecule is CC(=O)CCNC(=O)[C@H](C)O.